The maximum Gasteiger partial charge on any atom is 0.278 e. The minimum absolute atomic E-state index is 0.0359. The molecule has 6 heteroatoms. The Hall–Kier alpha value is -3.12. The molecule has 3 N–H and O–H groups in total. The Labute approximate surface area is 137 Å². The van der Waals surface area contributed by atoms with Gasteiger partial charge in [0, 0.05) is 16.9 Å². The Kier molecular flexibility index (Phi) is 2.98. The van der Waals surface area contributed by atoms with Crippen LogP contribution < -0.4 is 10.9 Å². The highest BCUT2D eigenvalue weighted by molar-refractivity contribution is 6.07. The zero-order chi connectivity index (χ0) is 16.9. The lowest BCUT2D eigenvalue weighted by Crippen LogP contribution is -2.40. The molecule has 4 rings (SSSR count). The highest BCUT2D eigenvalue weighted by Gasteiger charge is 2.50. The van der Waals surface area contributed by atoms with Crippen molar-refractivity contribution in [2.45, 2.75) is 12.5 Å². The van der Waals surface area contributed by atoms with Crippen LogP contribution in [0.4, 0.5) is 5.69 Å². The maximum atomic E-state index is 12.9. The molecule has 0 saturated carbocycles. The fraction of sp³-hybridized carbons (Fsp3) is 0.111. The van der Waals surface area contributed by atoms with Gasteiger partial charge in [-0.2, -0.15) is 0 Å². The van der Waals surface area contributed by atoms with Gasteiger partial charge in [0.1, 0.15) is 0 Å². The molecule has 0 saturated heterocycles. The third kappa shape index (κ3) is 1.80. The average Bonchev–Trinajstić information content (AvgIpc) is 3.03. The van der Waals surface area contributed by atoms with E-state index >= 15 is 0 Å². The Morgan fingerprint density at radius 2 is 1.67 bits per heavy atom. The number of hydrogen-bond donors (Lipinski definition) is 3. The molecule has 120 valence electrons. The number of H-pyrrole nitrogens is 1. The topological polar surface area (TPSA) is 87.1 Å². The van der Waals surface area contributed by atoms with Crippen molar-refractivity contribution in [3.8, 4) is 5.69 Å². The van der Waals surface area contributed by atoms with Crippen LogP contribution in [-0.4, -0.2) is 20.8 Å². The fourth-order valence-electron chi connectivity index (χ4n) is 3.22. The lowest BCUT2D eigenvalue weighted by molar-refractivity contribution is -0.129. The van der Waals surface area contributed by atoms with Crippen molar-refractivity contribution in [2.75, 3.05) is 5.32 Å². The van der Waals surface area contributed by atoms with Gasteiger partial charge in [-0.3, -0.25) is 14.7 Å². The molecule has 1 amide bonds. The van der Waals surface area contributed by atoms with Gasteiger partial charge in [0.15, 0.2) is 0 Å². The Balaban J connectivity index is 1.97. The van der Waals surface area contributed by atoms with E-state index in [1.165, 1.54) is 4.68 Å². The smallest absolute Gasteiger partial charge is 0.278 e. The first-order chi connectivity index (χ1) is 11.5. The maximum absolute atomic E-state index is 12.9. The van der Waals surface area contributed by atoms with E-state index in [9.17, 15) is 14.7 Å². The summed E-state index contributed by atoms with van der Waals surface area (Å²) in [6.45, 7) is 1.67. The van der Waals surface area contributed by atoms with Crippen LogP contribution in [0.25, 0.3) is 5.69 Å². The Morgan fingerprint density at radius 3 is 2.42 bits per heavy atom. The summed E-state index contributed by atoms with van der Waals surface area (Å²) >= 11 is 0. The molecule has 2 heterocycles. The average molecular weight is 321 g/mol. The summed E-state index contributed by atoms with van der Waals surface area (Å²) in [6.07, 6.45) is 0. The van der Waals surface area contributed by atoms with Gasteiger partial charge >= 0.3 is 0 Å². The number of benzene rings is 2. The van der Waals surface area contributed by atoms with Crippen LogP contribution >= 0.6 is 0 Å². The van der Waals surface area contributed by atoms with Gasteiger partial charge in [0.05, 0.1) is 11.3 Å². The fourth-order valence-corrected chi connectivity index (χ4v) is 3.22. The van der Waals surface area contributed by atoms with E-state index < -0.39 is 17.1 Å². The monoisotopic (exact) mass is 321 g/mol. The third-order valence-corrected chi connectivity index (χ3v) is 4.34. The van der Waals surface area contributed by atoms with Gasteiger partial charge in [0.2, 0.25) is 5.60 Å². The van der Waals surface area contributed by atoms with Crippen molar-refractivity contribution < 1.29 is 9.90 Å². The van der Waals surface area contributed by atoms with Crippen LogP contribution in [0.1, 0.15) is 16.8 Å². The molecule has 0 spiro atoms. The first-order valence-corrected chi connectivity index (χ1v) is 7.54. The summed E-state index contributed by atoms with van der Waals surface area (Å²) in [4.78, 5) is 25.4. The summed E-state index contributed by atoms with van der Waals surface area (Å²) < 4.78 is 1.33. The number of para-hydroxylation sites is 2. The van der Waals surface area contributed by atoms with Crippen LogP contribution in [0.15, 0.2) is 59.4 Å². The summed E-state index contributed by atoms with van der Waals surface area (Å²) in [7, 11) is 0. The van der Waals surface area contributed by atoms with Gasteiger partial charge in [0.25, 0.3) is 11.5 Å². The third-order valence-electron chi connectivity index (χ3n) is 4.34. The Bertz CT molecular complexity index is 1000. The zero-order valence-corrected chi connectivity index (χ0v) is 12.9. The second-order valence-electron chi connectivity index (χ2n) is 5.80. The number of aromatic amines is 1. The van der Waals surface area contributed by atoms with E-state index in [0.29, 0.717) is 22.6 Å². The van der Waals surface area contributed by atoms with Gasteiger partial charge in [-0.25, -0.2) is 4.68 Å². The highest BCUT2D eigenvalue weighted by atomic mass is 16.3. The van der Waals surface area contributed by atoms with Crippen LogP contribution in [0.3, 0.4) is 0 Å². The number of aryl methyl sites for hydroxylation is 1. The van der Waals surface area contributed by atoms with Gasteiger partial charge < -0.3 is 10.4 Å². The van der Waals surface area contributed by atoms with Crippen molar-refractivity contribution in [3.05, 3.63) is 81.8 Å². The van der Waals surface area contributed by atoms with E-state index in [1.54, 1.807) is 43.3 Å². The molecule has 0 radical (unpaired) electrons. The SMILES string of the molecule is Cc1[nH]n(-c2ccccc2)c(=O)c1C1(O)C(=O)Nc2ccccc21. The molecule has 3 aromatic rings. The summed E-state index contributed by atoms with van der Waals surface area (Å²) in [5.74, 6) is -0.622. The van der Waals surface area contributed by atoms with E-state index in [4.69, 9.17) is 0 Å². The number of amides is 1. The van der Waals surface area contributed by atoms with E-state index in [0.717, 1.165) is 0 Å². The van der Waals surface area contributed by atoms with Crippen LogP contribution in [0.5, 0.6) is 0 Å². The summed E-state index contributed by atoms with van der Waals surface area (Å²) in [5.41, 5.74) is -0.452. The number of hydrogen-bond acceptors (Lipinski definition) is 3. The first kappa shape index (κ1) is 14.5. The second-order valence-corrected chi connectivity index (χ2v) is 5.80. The molecule has 2 aromatic carbocycles. The molecular formula is C18H15N3O3. The van der Waals surface area contributed by atoms with Gasteiger partial charge in [-0.15, -0.1) is 0 Å². The van der Waals surface area contributed by atoms with Crippen LogP contribution in [-0.2, 0) is 10.4 Å². The second kappa shape index (κ2) is 4.94. The number of anilines is 1. The molecule has 1 aliphatic heterocycles. The lowest BCUT2D eigenvalue weighted by Gasteiger charge is -2.19. The number of rotatable bonds is 2. The molecule has 24 heavy (non-hydrogen) atoms. The number of nitrogens with zero attached hydrogens (tertiary/aromatic N) is 1. The quantitative estimate of drug-likeness (QED) is 0.671. The van der Waals surface area contributed by atoms with Crippen molar-refractivity contribution in [1.82, 2.24) is 9.78 Å². The molecule has 0 aliphatic carbocycles. The van der Waals surface area contributed by atoms with Gasteiger partial charge in [-0.05, 0) is 25.1 Å². The first-order valence-electron chi connectivity index (χ1n) is 7.54. The molecule has 1 aliphatic rings. The lowest BCUT2D eigenvalue weighted by atomic mass is 9.88. The minimum atomic E-state index is -2.01. The number of aromatic nitrogens is 2. The number of carbonyl (C=O) groups excluding carboxylic acids is 1. The Morgan fingerprint density at radius 1 is 1.00 bits per heavy atom. The van der Waals surface area contributed by atoms with Crippen molar-refractivity contribution in [1.29, 1.82) is 0 Å². The van der Waals surface area contributed by atoms with Crippen molar-refractivity contribution in [3.63, 3.8) is 0 Å². The molecule has 1 unspecified atom stereocenters. The van der Waals surface area contributed by atoms with E-state index in [-0.39, 0.29) is 5.56 Å². The van der Waals surface area contributed by atoms with Crippen molar-refractivity contribution in [2.24, 2.45) is 0 Å². The zero-order valence-electron chi connectivity index (χ0n) is 12.9. The highest BCUT2D eigenvalue weighted by Crippen LogP contribution is 2.40. The predicted octanol–water partition coefficient (Wildman–Crippen LogP) is 1.66. The minimum Gasteiger partial charge on any atom is -0.371 e. The molecule has 1 aromatic heterocycles. The van der Waals surface area contributed by atoms with Crippen LogP contribution in [0, 0.1) is 6.92 Å². The van der Waals surface area contributed by atoms with Crippen molar-refractivity contribution >= 4 is 11.6 Å². The molecule has 1 atom stereocenters. The largest absolute Gasteiger partial charge is 0.371 e. The number of nitrogens with one attached hydrogen (secondary N) is 2. The molecule has 6 nitrogen and oxygen atoms in total. The molecule has 0 fully saturated rings. The van der Waals surface area contributed by atoms with E-state index in [1.807, 2.05) is 18.2 Å². The van der Waals surface area contributed by atoms with Crippen LogP contribution in [0.2, 0.25) is 0 Å². The number of carbonyl (C=O) groups is 1. The summed E-state index contributed by atoms with van der Waals surface area (Å²) in [6, 6.07) is 15.8. The molecule has 0 bridgehead atoms. The summed E-state index contributed by atoms with van der Waals surface area (Å²) in [5, 5.41) is 16.7. The predicted molar refractivity (Wildman–Crippen MR) is 89.2 cm³/mol. The van der Waals surface area contributed by atoms with Gasteiger partial charge in [-0.1, -0.05) is 36.4 Å². The number of aliphatic hydroxyl groups is 1. The standard InChI is InChI=1S/C18H15N3O3/c1-11-15(16(22)21(20-11)12-7-3-2-4-8-12)18(24)13-9-5-6-10-14(13)19-17(18)23/h2-10,20,24H,1H3,(H,19,23). The normalized spacial score (nSPS) is 19.2. The van der Waals surface area contributed by atoms with E-state index in [2.05, 4.69) is 10.4 Å². The molecular weight excluding hydrogens is 306 g/mol. The number of fused-ring (bicyclic) bond motifs is 1.